The lowest BCUT2D eigenvalue weighted by molar-refractivity contribution is -0.148. The quantitative estimate of drug-likeness (QED) is 0.299. The Hall–Kier alpha value is -3.92. The Kier molecular flexibility index (Phi) is 6.65. The van der Waals surface area contributed by atoms with E-state index in [0.717, 1.165) is 56.4 Å². The number of benzene rings is 2. The number of H-pyrrole nitrogens is 2. The number of aromatic nitrogens is 3. The molecule has 3 N–H and O–H groups in total. The molecule has 214 valence electrons. The molecule has 0 amide bonds. The second-order valence-corrected chi connectivity index (χ2v) is 11.6. The lowest BCUT2D eigenvalue weighted by atomic mass is 9.83. The topological polar surface area (TPSA) is 106 Å². The normalized spacial score (nSPS) is 24.2. The summed E-state index contributed by atoms with van der Waals surface area (Å²) < 4.78 is 21.2. The standard InChI is InChI=1S/C31H35FN6O3/c1-2-41-31(40)19-6-5-11-38(16-19)26-15-24-20(14-21(26)32)28(33-25-17-37-12-9-18(25)10-13-37)27(30(39)36-24)29-34-22-7-3-4-8-23(22)35-29/h3-4,7-8,14-15,18-19,25H,2,5-6,9-13,16-17H2,1H3,(H,34,35)(H2,33,36,39)/t19?,25-/m1/s1. The lowest BCUT2D eigenvalue weighted by Gasteiger charge is -2.45. The smallest absolute Gasteiger partial charge is 0.310 e. The van der Waals surface area contributed by atoms with Gasteiger partial charge in [0.1, 0.15) is 17.2 Å². The van der Waals surface area contributed by atoms with Gasteiger partial charge in [0.15, 0.2) is 0 Å². The minimum Gasteiger partial charge on any atom is -0.466 e. The van der Waals surface area contributed by atoms with Crippen molar-refractivity contribution in [1.29, 1.82) is 0 Å². The van der Waals surface area contributed by atoms with Crippen LogP contribution in [0.2, 0.25) is 0 Å². The first-order chi connectivity index (χ1) is 20.0. The monoisotopic (exact) mass is 558 g/mol. The second kappa shape index (κ2) is 10.5. The van der Waals surface area contributed by atoms with E-state index < -0.39 is 0 Å². The number of pyridine rings is 1. The number of esters is 1. The van der Waals surface area contributed by atoms with Crippen LogP contribution in [-0.4, -0.2) is 71.2 Å². The van der Waals surface area contributed by atoms with E-state index in [9.17, 15) is 9.59 Å². The molecule has 0 saturated carbocycles. The van der Waals surface area contributed by atoms with Gasteiger partial charge in [-0.15, -0.1) is 0 Å². The molecule has 2 bridgehead atoms. The summed E-state index contributed by atoms with van der Waals surface area (Å²) >= 11 is 0. The zero-order valence-electron chi connectivity index (χ0n) is 23.2. The average Bonchev–Trinajstić information content (AvgIpc) is 3.42. The van der Waals surface area contributed by atoms with Crippen molar-refractivity contribution in [3.05, 3.63) is 52.6 Å². The molecule has 9 nitrogen and oxygen atoms in total. The summed E-state index contributed by atoms with van der Waals surface area (Å²) in [5.41, 5.74) is 3.23. The fourth-order valence-electron chi connectivity index (χ4n) is 6.96. The molecule has 2 aromatic carbocycles. The number of hydrogen-bond donors (Lipinski definition) is 3. The summed E-state index contributed by atoms with van der Waals surface area (Å²) in [6.07, 6.45) is 3.69. The first-order valence-electron chi connectivity index (χ1n) is 14.7. The van der Waals surface area contributed by atoms with Crippen molar-refractivity contribution in [2.24, 2.45) is 11.8 Å². The fraction of sp³-hybridized carbons (Fsp3) is 0.452. The zero-order valence-corrected chi connectivity index (χ0v) is 23.2. The minimum atomic E-state index is -0.387. The third kappa shape index (κ3) is 4.73. The van der Waals surface area contributed by atoms with Crippen molar-refractivity contribution in [2.75, 3.05) is 49.5 Å². The largest absolute Gasteiger partial charge is 0.466 e. The van der Waals surface area contributed by atoms with E-state index in [0.29, 0.717) is 59.3 Å². The van der Waals surface area contributed by atoms with Gasteiger partial charge in [-0.05, 0) is 75.9 Å². The maximum atomic E-state index is 16.0. The van der Waals surface area contributed by atoms with Crippen LogP contribution >= 0.6 is 0 Å². The summed E-state index contributed by atoms with van der Waals surface area (Å²) in [6.45, 7) is 6.20. The van der Waals surface area contributed by atoms with E-state index in [1.807, 2.05) is 29.2 Å². The van der Waals surface area contributed by atoms with Gasteiger partial charge in [-0.25, -0.2) is 9.37 Å². The van der Waals surface area contributed by atoms with Crippen LogP contribution in [0.3, 0.4) is 0 Å². The molecule has 0 spiro atoms. The van der Waals surface area contributed by atoms with Crippen LogP contribution in [0, 0.1) is 17.7 Å². The van der Waals surface area contributed by atoms with Gasteiger partial charge >= 0.3 is 5.97 Å². The molecule has 8 rings (SSSR count). The van der Waals surface area contributed by atoms with E-state index in [1.54, 1.807) is 13.0 Å². The van der Waals surface area contributed by atoms with Crippen molar-refractivity contribution < 1.29 is 13.9 Å². The van der Waals surface area contributed by atoms with Gasteiger partial charge in [0, 0.05) is 31.1 Å². The molecular weight excluding hydrogens is 523 g/mol. The van der Waals surface area contributed by atoms with Crippen molar-refractivity contribution in [3.63, 3.8) is 0 Å². The highest BCUT2D eigenvalue weighted by Gasteiger charge is 2.35. The van der Waals surface area contributed by atoms with Crippen LogP contribution in [0.5, 0.6) is 0 Å². The Morgan fingerprint density at radius 2 is 1.93 bits per heavy atom. The summed E-state index contributed by atoms with van der Waals surface area (Å²) in [5, 5.41) is 4.31. The highest BCUT2D eigenvalue weighted by Crippen LogP contribution is 2.38. The third-order valence-electron chi connectivity index (χ3n) is 9.08. The van der Waals surface area contributed by atoms with Crippen LogP contribution in [0.4, 0.5) is 15.8 Å². The average molecular weight is 559 g/mol. The van der Waals surface area contributed by atoms with Crippen molar-refractivity contribution >= 4 is 39.3 Å². The number of carbonyl (C=O) groups excluding carboxylic acids is 1. The van der Waals surface area contributed by atoms with E-state index >= 15 is 4.39 Å². The molecule has 41 heavy (non-hydrogen) atoms. The zero-order chi connectivity index (χ0) is 28.1. The number of imidazole rings is 1. The number of halogens is 1. The minimum absolute atomic E-state index is 0.154. The van der Waals surface area contributed by atoms with E-state index in [4.69, 9.17) is 9.72 Å². The third-order valence-corrected chi connectivity index (χ3v) is 9.08. The number of anilines is 2. The van der Waals surface area contributed by atoms with E-state index in [-0.39, 0.29) is 29.3 Å². The molecule has 6 heterocycles. The molecular formula is C31H35FN6O3. The highest BCUT2D eigenvalue weighted by atomic mass is 19.1. The van der Waals surface area contributed by atoms with Gasteiger partial charge in [0.2, 0.25) is 0 Å². The Balaban J connectivity index is 1.33. The van der Waals surface area contributed by atoms with Gasteiger partial charge < -0.3 is 29.8 Å². The number of carbonyl (C=O) groups is 1. The number of piperidine rings is 4. The number of fused-ring (bicyclic) bond motifs is 5. The number of hydrogen-bond acceptors (Lipinski definition) is 7. The molecule has 4 fully saturated rings. The number of para-hydroxylation sites is 2. The predicted molar refractivity (Wildman–Crippen MR) is 158 cm³/mol. The van der Waals surface area contributed by atoms with Crippen LogP contribution in [0.25, 0.3) is 33.3 Å². The van der Waals surface area contributed by atoms with Gasteiger partial charge in [-0.1, -0.05) is 12.1 Å². The summed E-state index contributed by atoms with van der Waals surface area (Å²) in [7, 11) is 0. The molecule has 2 atom stereocenters. The van der Waals surface area contributed by atoms with Crippen LogP contribution in [0.15, 0.2) is 41.2 Å². The van der Waals surface area contributed by atoms with E-state index in [1.165, 1.54) is 6.07 Å². The van der Waals surface area contributed by atoms with Crippen LogP contribution < -0.4 is 15.8 Å². The molecule has 0 radical (unpaired) electrons. The SMILES string of the molecule is CCOC(=O)C1CCCN(c2cc3[nH]c(=O)c(-c4nc5ccccc5[nH]4)c(N[C@@H]4CN5CCC4CC5)c3cc2F)C1. The lowest BCUT2D eigenvalue weighted by Crippen LogP contribution is -2.53. The van der Waals surface area contributed by atoms with Crippen LogP contribution in [-0.2, 0) is 9.53 Å². The first kappa shape index (κ1) is 26.0. The number of nitrogens with zero attached hydrogens (tertiary/aromatic N) is 3. The predicted octanol–water partition coefficient (Wildman–Crippen LogP) is 4.50. The number of ether oxygens (including phenoxy) is 1. The number of aromatic amines is 2. The number of nitrogens with one attached hydrogen (secondary N) is 3. The molecule has 4 aliphatic heterocycles. The van der Waals surface area contributed by atoms with E-state index in [2.05, 4.69) is 20.2 Å². The maximum Gasteiger partial charge on any atom is 0.310 e. The Morgan fingerprint density at radius 3 is 2.68 bits per heavy atom. The Labute approximate surface area is 237 Å². The molecule has 10 heteroatoms. The highest BCUT2D eigenvalue weighted by molar-refractivity contribution is 6.00. The summed E-state index contributed by atoms with van der Waals surface area (Å²) in [5.74, 6) is 0.0150. The van der Waals surface area contributed by atoms with Crippen molar-refractivity contribution in [2.45, 2.75) is 38.6 Å². The molecule has 2 aromatic heterocycles. The Morgan fingerprint density at radius 1 is 1.10 bits per heavy atom. The summed E-state index contributed by atoms with van der Waals surface area (Å²) in [6, 6.07) is 11.0. The molecule has 4 saturated heterocycles. The fourth-order valence-corrected chi connectivity index (χ4v) is 6.96. The van der Waals surface area contributed by atoms with Gasteiger partial charge in [-0.3, -0.25) is 9.59 Å². The molecule has 4 aliphatic rings. The second-order valence-electron chi connectivity index (χ2n) is 11.6. The summed E-state index contributed by atoms with van der Waals surface area (Å²) in [4.78, 5) is 41.6. The van der Waals surface area contributed by atoms with Gasteiger partial charge in [-0.2, -0.15) is 0 Å². The first-order valence-corrected chi connectivity index (χ1v) is 14.7. The van der Waals surface area contributed by atoms with Crippen molar-refractivity contribution in [3.8, 4) is 11.4 Å². The van der Waals surface area contributed by atoms with Crippen LogP contribution in [0.1, 0.15) is 32.6 Å². The molecule has 0 aliphatic carbocycles. The van der Waals surface area contributed by atoms with Gasteiger partial charge in [0.25, 0.3) is 5.56 Å². The molecule has 1 unspecified atom stereocenters. The maximum absolute atomic E-state index is 16.0. The molecule has 4 aromatic rings. The Bertz CT molecular complexity index is 1640. The van der Waals surface area contributed by atoms with Crippen molar-refractivity contribution in [1.82, 2.24) is 19.9 Å². The number of rotatable bonds is 6. The van der Waals surface area contributed by atoms with Gasteiger partial charge in [0.05, 0.1) is 40.4 Å².